The quantitative estimate of drug-likeness (QED) is 0.220. The fraction of sp³-hybridized carbons (Fsp3) is 0.0500. The van der Waals surface area contributed by atoms with Gasteiger partial charge >= 0.3 is 0 Å². The van der Waals surface area contributed by atoms with Gasteiger partial charge in [-0.25, -0.2) is 4.98 Å². The summed E-state index contributed by atoms with van der Waals surface area (Å²) in [6.07, 6.45) is 2.82. The Morgan fingerprint density at radius 1 is 1.17 bits per heavy atom. The van der Waals surface area contributed by atoms with E-state index in [0.717, 1.165) is 21.2 Å². The van der Waals surface area contributed by atoms with Crippen LogP contribution in [0.15, 0.2) is 64.4 Å². The summed E-state index contributed by atoms with van der Waals surface area (Å²) >= 11 is 9.56. The van der Waals surface area contributed by atoms with E-state index in [1.165, 1.54) is 6.21 Å². The van der Waals surface area contributed by atoms with Crippen LogP contribution in [0.4, 0.5) is 11.6 Å². The zero-order chi connectivity index (χ0) is 20.4. The lowest BCUT2D eigenvalue weighted by Crippen LogP contribution is -1.98. The van der Waals surface area contributed by atoms with Crippen LogP contribution in [0.1, 0.15) is 5.69 Å². The second-order valence-electron chi connectivity index (χ2n) is 6.16. The first-order valence-electron chi connectivity index (χ1n) is 8.53. The van der Waals surface area contributed by atoms with E-state index in [0.29, 0.717) is 28.2 Å². The van der Waals surface area contributed by atoms with E-state index in [1.807, 2.05) is 48.0 Å². The fourth-order valence-electron chi connectivity index (χ4n) is 2.82. The van der Waals surface area contributed by atoms with Crippen LogP contribution in [0.2, 0.25) is 5.02 Å². The van der Waals surface area contributed by atoms with E-state index in [9.17, 15) is 0 Å². The van der Waals surface area contributed by atoms with Gasteiger partial charge in [-0.05, 0) is 52.3 Å². The number of hydrogen-bond acceptors (Lipinski definition) is 6. The maximum Gasteiger partial charge on any atom is 0.208 e. The Bertz CT molecular complexity index is 1220. The van der Waals surface area contributed by atoms with Crippen molar-refractivity contribution in [2.24, 2.45) is 12.2 Å². The highest BCUT2D eigenvalue weighted by atomic mass is 79.9. The van der Waals surface area contributed by atoms with Gasteiger partial charge in [0.15, 0.2) is 0 Å². The molecule has 0 aliphatic heterocycles. The first-order valence-corrected chi connectivity index (χ1v) is 9.70. The molecule has 0 atom stereocenters. The third-order valence-corrected chi connectivity index (χ3v) is 5.44. The Balaban J connectivity index is 1.61. The highest BCUT2D eigenvalue weighted by molar-refractivity contribution is 9.10. The average Bonchev–Trinajstić information content (AvgIpc) is 3.00. The van der Waals surface area contributed by atoms with E-state index in [1.54, 1.807) is 18.3 Å². The first kappa shape index (κ1) is 19.2. The van der Waals surface area contributed by atoms with Gasteiger partial charge in [-0.1, -0.05) is 16.8 Å². The highest BCUT2D eigenvalue weighted by Gasteiger charge is 2.10. The van der Waals surface area contributed by atoms with Gasteiger partial charge in [0.2, 0.25) is 5.95 Å². The van der Waals surface area contributed by atoms with Gasteiger partial charge < -0.3 is 19.8 Å². The van der Waals surface area contributed by atoms with Crippen molar-refractivity contribution in [2.45, 2.75) is 0 Å². The smallest absolute Gasteiger partial charge is 0.208 e. The number of ether oxygens (including phenoxy) is 1. The van der Waals surface area contributed by atoms with E-state index >= 15 is 0 Å². The SMILES string of the molecule is Cn1c(Nc2ccc(Br)c(Cl)c2)nc2cc(Oc3ccnc(/C=N/O)c3)ccc21. The second-order valence-corrected chi connectivity index (χ2v) is 7.42. The molecular weight excluding hydrogens is 458 g/mol. The number of oxime groups is 1. The van der Waals surface area contributed by atoms with Gasteiger partial charge in [0, 0.05) is 35.5 Å². The Hall–Kier alpha value is -3.10. The van der Waals surface area contributed by atoms with Crippen molar-refractivity contribution in [1.29, 1.82) is 0 Å². The Morgan fingerprint density at radius 3 is 2.79 bits per heavy atom. The molecule has 0 saturated heterocycles. The third kappa shape index (κ3) is 4.18. The number of benzene rings is 2. The van der Waals surface area contributed by atoms with E-state index < -0.39 is 0 Å². The molecule has 2 aromatic carbocycles. The molecule has 146 valence electrons. The summed E-state index contributed by atoms with van der Waals surface area (Å²) in [6, 6.07) is 14.7. The van der Waals surface area contributed by atoms with Gasteiger partial charge in [-0.15, -0.1) is 0 Å². The number of nitrogens with zero attached hydrogens (tertiary/aromatic N) is 4. The molecule has 9 heteroatoms. The van der Waals surface area contributed by atoms with Crippen LogP contribution in [-0.4, -0.2) is 26.0 Å². The standard InChI is InChI=1S/C20H15BrClN5O2/c1-27-19-5-3-14(29-15-6-7-23-13(8-15)11-24-28)10-18(19)26-20(27)25-12-2-4-16(21)17(22)9-12/h2-11,28H,1H3,(H,25,26)/b24-11+. The number of imidazole rings is 1. The summed E-state index contributed by atoms with van der Waals surface area (Å²) in [6.45, 7) is 0. The minimum Gasteiger partial charge on any atom is -0.457 e. The Labute approximate surface area is 179 Å². The molecule has 4 rings (SSSR count). The van der Waals surface area contributed by atoms with Crippen LogP contribution in [0.3, 0.4) is 0 Å². The van der Waals surface area contributed by atoms with Crippen LogP contribution in [-0.2, 0) is 7.05 Å². The minimum atomic E-state index is 0.489. The van der Waals surface area contributed by atoms with Gasteiger partial charge in [-0.2, -0.15) is 0 Å². The van der Waals surface area contributed by atoms with Crippen LogP contribution >= 0.6 is 27.5 Å². The molecule has 0 unspecified atom stereocenters. The van der Waals surface area contributed by atoms with Crippen molar-refractivity contribution in [3.8, 4) is 11.5 Å². The van der Waals surface area contributed by atoms with Crippen molar-refractivity contribution in [1.82, 2.24) is 14.5 Å². The number of hydrogen-bond donors (Lipinski definition) is 2. The monoisotopic (exact) mass is 471 g/mol. The van der Waals surface area contributed by atoms with Crippen molar-refractivity contribution < 1.29 is 9.94 Å². The molecule has 4 aromatic rings. The molecule has 0 fully saturated rings. The van der Waals surface area contributed by atoms with E-state index in [2.05, 4.69) is 36.4 Å². The molecule has 0 radical (unpaired) electrons. The Morgan fingerprint density at radius 2 is 2.00 bits per heavy atom. The van der Waals surface area contributed by atoms with E-state index in [4.69, 9.17) is 21.5 Å². The number of nitrogens with one attached hydrogen (secondary N) is 1. The maximum absolute atomic E-state index is 8.64. The van der Waals surface area contributed by atoms with Gasteiger partial charge in [0.25, 0.3) is 0 Å². The summed E-state index contributed by atoms with van der Waals surface area (Å²) in [5, 5.41) is 15.5. The molecular formula is C20H15BrClN5O2. The lowest BCUT2D eigenvalue weighted by atomic mass is 10.3. The zero-order valence-corrected chi connectivity index (χ0v) is 17.5. The molecule has 0 aliphatic rings. The molecule has 0 amide bonds. The topological polar surface area (TPSA) is 84.6 Å². The number of halogens is 2. The normalized spacial score (nSPS) is 11.3. The second kappa shape index (κ2) is 8.10. The summed E-state index contributed by atoms with van der Waals surface area (Å²) in [4.78, 5) is 8.72. The number of pyridine rings is 1. The molecule has 0 spiro atoms. The zero-order valence-electron chi connectivity index (χ0n) is 15.2. The largest absolute Gasteiger partial charge is 0.457 e. The molecule has 2 N–H and O–H groups in total. The first-order chi connectivity index (χ1) is 14.0. The minimum absolute atomic E-state index is 0.489. The lowest BCUT2D eigenvalue weighted by molar-refractivity contribution is 0.321. The maximum atomic E-state index is 8.64. The predicted molar refractivity (Wildman–Crippen MR) is 117 cm³/mol. The molecule has 0 bridgehead atoms. The van der Waals surface area contributed by atoms with E-state index in [-0.39, 0.29) is 0 Å². The number of anilines is 2. The van der Waals surface area contributed by atoms with Gasteiger partial charge in [-0.3, -0.25) is 4.98 Å². The predicted octanol–water partition coefficient (Wildman–Crippen LogP) is 5.73. The van der Waals surface area contributed by atoms with Crippen molar-refractivity contribution >= 4 is 56.4 Å². The fourth-order valence-corrected chi connectivity index (χ4v) is 3.24. The number of aryl methyl sites for hydroxylation is 1. The molecule has 0 aliphatic carbocycles. The van der Waals surface area contributed by atoms with Crippen molar-refractivity contribution in [2.75, 3.05) is 5.32 Å². The van der Waals surface area contributed by atoms with Gasteiger partial charge in [0.05, 0.1) is 28.0 Å². The average molecular weight is 473 g/mol. The van der Waals surface area contributed by atoms with Crippen molar-refractivity contribution in [3.63, 3.8) is 0 Å². The third-order valence-electron chi connectivity index (χ3n) is 4.21. The van der Waals surface area contributed by atoms with Crippen LogP contribution in [0.5, 0.6) is 11.5 Å². The molecule has 2 heterocycles. The number of rotatable bonds is 5. The number of fused-ring (bicyclic) bond motifs is 1. The number of aromatic nitrogens is 3. The summed E-state index contributed by atoms with van der Waals surface area (Å²) in [7, 11) is 1.93. The molecule has 2 aromatic heterocycles. The van der Waals surface area contributed by atoms with Crippen LogP contribution in [0, 0.1) is 0 Å². The molecule has 29 heavy (non-hydrogen) atoms. The molecule has 7 nitrogen and oxygen atoms in total. The molecule has 0 saturated carbocycles. The lowest BCUT2D eigenvalue weighted by Gasteiger charge is -2.07. The summed E-state index contributed by atoms with van der Waals surface area (Å²) < 4.78 is 8.68. The summed E-state index contributed by atoms with van der Waals surface area (Å²) in [5.74, 6) is 1.89. The van der Waals surface area contributed by atoms with Gasteiger partial charge in [0.1, 0.15) is 11.5 Å². The highest BCUT2D eigenvalue weighted by Crippen LogP contribution is 2.30. The van der Waals surface area contributed by atoms with Crippen LogP contribution in [0.25, 0.3) is 11.0 Å². The summed E-state index contributed by atoms with van der Waals surface area (Å²) in [5.41, 5.74) is 3.05. The van der Waals surface area contributed by atoms with Crippen molar-refractivity contribution in [3.05, 3.63) is 69.9 Å². The van der Waals surface area contributed by atoms with Crippen LogP contribution < -0.4 is 10.1 Å². The Kier molecular flexibility index (Phi) is 5.37.